The number of hydrogen-bond donors (Lipinski definition) is 0. The average molecular weight is 456 g/mol. The fraction of sp³-hybridized carbons (Fsp3) is 0.480. The van der Waals surface area contributed by atoms with E-state index in [1.807, 2.05) is 23.1 Å². The number of benzene rings is 2. The molecule has 6 nitrogen and oxygen atoms in total. The summed E-state index contributed by atoms with van der Waals surface area (Å²) in [6, 6.07) is 16.9. The molecule has 0 bridgehead atoms. The van der Waals surface area contributed by atoms with Crippen LogP contribution in [0.15, 0.2) is 59.5 Å². The molecule has 0 aromatic heterocycles. The van der Waals surface area contributed by atoms with Gasteiger partial charge in [-0.1, -0.05) is 50.2 Å². The monoisotopic (exact) mass is 455 g/mol. The van der Waals surface area contributed by atoms with Gasteiger partial charge >= 0.3 is 0 Å². The first-order chi connectivity index (χ1) is 15.3. The lowest BCUT2D eigenvalue weighted by Gasteiger charge is -2.35. The predicted octanol–water partition coefficient (Wildman–Crippen LogP) is 3.31. The van der Waals surface area contributed by atoms with Crippen molar-refractivity contribution in [2.24, 2.45) is 11.8 Å². The molecule has 2 aliphatic rings. The second-order valence-corrected chi connectivity index (χ2v) is 11.3. The summed E-state index contributed by atoms with van der Waals surface area (Å²) >= 11 is 0. The van der Waals surface area contributed by atoms with Crippen LogP contribution in [-0.2, 0) is 16.6 Å². The Morgan fingerprint density at radius 1 is 0.906 bits per heavy atom. The summed E-state index contributed by atoms with van der Waals surface area (Å²) in [5.41, 5.74) is 1.72. The second-order valence-electron chi connectivity index (χ2n) is 9.35. The van der Waals surface area contributed by atoms with Crippen LogP contribution in [0.3, 0.4) is 0 Å². The molecule has 2 aromatic rings. The maximum absolute atomic E-state index is 13.2. The number of piperidine rings is 1. The molecule has 7 heteroatoms. The van der Waals surface area contributed by atoms with E-state index in [0.29, 0.717) is 43.6 Å². The van der Waals surface area contributed by atoms with Gasteiger partial charge in [0.2, 0.25) is 10.0 Å². The van der Waals surface area contributed by atoms with E-state index in [2.05, 4.69) is 30.9 Å². The van der Waals surface area contributed by atoms with Gasteiger partial charge in [0.1, 0.15) is 0 Å². The lowest BCUT2D eigenvalue weighted by Crippen LogP contribution is -2.48. The standard InChI is InChI=1S/C25H33N3O3S/c1-20-15-21(2)18-28(17-20)32(30,31)24-10-6-9-23(16-24)25(29)27-13-11-26(12-14-27)19-22-7-4-3-5-8-22/h3-10,16,20-21H,11-15,17-19H2,1-2H3. The van der Waals surface area contributed by atoms with E-state index in [1.165, 1.54) is 5.56 Å². The van der Waals surface area contributed by atoms with Crippen molar-refractivity contribution in [1.82, 2.24) is 14.1 Å². The molecule has 0 N–H and O–H groups in total. The highest BCUT2D eigenvalue weighted by molar-refractivity contribution is 7.89. The molecule has 0 saturated carbocycles. The number of sulfonamides is 1. The minimum Gasteiger partial charge on any atom is -0.336 e. The quantitative estimate of drug-likeness (QED) is 0.694. The highest BCUT2D eigenvalue weighted by Gasteiger charge is 2.32. The first-order valence-electron chi connectivity index (χ1n) is 11.5. The van der Waals surface area contributed by atoms with Crippen LogP contribution in [0.4, 0.5) is 0 Å². The zero-order valence-corrected chi connectivity index (χ0v) is 19.8. The number of piperazine rings is 1. The minimum absolute atomic E-state index is 0.0956. The Labute approximate surface area is 191 Å². The van der Waals surface area contributed by atoms with Crippen LogP contribution in [0, 0.1) is 11.8 Å². The third-order valence-electron chi connectivity index (χ3n) is 6.46. The van der Waals surface area contributed by atoms with Crippen LogP contribution in [0.2, 0.25) is 0 Å². The number of amides is 1. The summed E-state index contributed by atoms with van der Waals surface area (Å²) in [5, 5.41) is 0. The van der Waals surface area contributed by atoms with Crippen LogP contribution >= 0.6 is 0 Å². The third-order valence-corrected chi connectivity index (χ3v) is 8.29. The van der Waals surface area contributed by atoms with E-state index in [1.54, 1.807) is 28.6 Å². The van der Waals surface area contributed by atoms with Gasteiger partial charge < -0.3 is 4.90 Å². The van der Waals surface area contributed by atoms with Crippen LogP contribution in [0.1, 0.15) is 36.2 Å². The fourth-order valence-corrected chi connectivity index (χ4v) is 6.60. The number of nitrogens with zero attached hydrogens (tertiary/aromatic N) is 3. The van der Waals surface area contributed by atoms with Gasteiger partial charge in [-0.2, -0.15) is 4.31 Å². The van der Waals surface area contributed by atoms with Gasteiger partial charge in [0.05, 0.1) is 4.90 Å². The van der Waals surface area contributed by atoms with Crippen LogP contribution < -0.4 is 0 Å². The summed E-state index contributed by atoms with van der Waals surface area (Å²) in [7, 11) is -3.60. The van der Waals surface area contributed by atoms with Gasteiger partial charge in [-0.3, -0.25) is 9.69 Å². The predicted molar refractivity (Wildman–Crippen MR) is 126 cm³/mol. The zero-order valence-electron chi connectivity index (χ0n) is 19.0. The first-order valence-corrected chi connectivity index (χ1v) is 12.9. The van der Waals surface area contributed by atoms with Gasteiger partial charge in [-0.25, -0.2) is 8.42 Å². The first kappa shape index (κ1) is 23.0. The molecular weight excluding hydrogens is 422 g/mol. The van der Waals surface area contributed by atoms with Crippen molar-refractivity contribution in [3.8, 4) is 0 Å². The molecule has 2 aliphatic heterocycles. The molecule has 172 valence electrons. The SMILES string of the molecule is CC1CC(C)CN(S(=O)(=O)c2cccc(C(=O)N3CCN(Cc4ccccc4)CC3)c2)C1. The molecule has 0 spiro atoms. The Morgan fingerprint density at radius 2 is 1.56 bits per heavy atom. The molecule has 2 saturated heterocycles. The number of carbonyl (C=O) groups excluding carboxylic acids is 1. The number of rotatable bonds is 5. The zero-order chi connectivity index (χ0) is 22.7. The van der Waals surface area contributed by atoms with E-state index < -0.39 is 10.0 Å². The Hall–Kier alpha value is -2.22. The van der Waals surface area contributed by atoms with Crippen molar-refractivity contribution in [3.63, 3.8) is 0 Å². The normalized spacial score (nSPS) is 23.2. The van der Waals surface area contributed by atoms with Gasteiger partial charge in [0, 0.05) is 51.4 Å². The Morgan fingerprint density at radius 3 is 2.22 bits per heavy atom. The smallest absolute Gasteiger partial charge is 0.253 e. The summed E-state index contributed by atoms with van der Waals surface area (Å²) in [5.74, 6) is 0.581. The lowest BCUT2D eigenvalue weighted by atomic mass is 9.94. The molecule has 4 rings (SSSR count). The van der Waals surface area contributed by atoms with E-state index >= 15 is 0 Å². The Balaban J connectivity index is 1.41. The third kappa shape index (κ3) is 5.22. The van der Waals surface area contributed by atoms with Crippen LogP contribution in [0.5, 0.6) is 0 Å². The van der Waals surface area contributed by atoms with Crippen LogP contribution in [-0.4, -0.2) is 67.7 Å². The van der Waals surface area contributed by atoms with Crippen molar-refractivity contribution in [2.75, 3.05) is 39.3 Å². The molecule has 32 heavy (non-hydrogen) atoms. The molecule has 1 amide bonds. The topological polar surface area (TPSA) is 60.9 Å². The van der Waals surface area contributed by atoms with Crippen molar-refractivity contribution in [3.05, 3.63) is 65.7 Å². The summed E-state index contributed by atoms with van der Waals surface area (Å²) < 4.78 is 28.1. The molecule has 0 radical (unpaired) electrons. The van der Waals surface area contributed by atoms with Gasteiger partial charge in [0.25, 0.3) is 5.91 Å². The minimum atomic E-state index is -3.60. The maximum Gasteiger partial charge on any atom is 0.253 e. The largest absolute Gasteiger partial charge is 0.336 e. The van der Waals surface area contributed by atoms with E-state index in [-0.39, 0.29) is 10.8 Å². The van der Waals surface area contributed by atoms with E-state index in [4.69, 9.17) is 0 Å². The Kier molecular flexibility index (Phi) is 6.98. The average Bonchev–Trinajstić information content (AvgIpc) is 2.79. The van der Waals surface area contributed by atoms with Gasteiger partial charge in [-0.15, -0.1) is 0 Å². The molecule has 2 aromatic carbocycles. The molecule has 2 atom stereocenters. The molecule has 2 fully saturated rings. The fourth-order valence-electron chi connectivity index (χ4n) is 4.87. The van der Waals surface area contributed by atoms with Crippen molar-refractivity contribution >= 4 is 15.9 Å². The number of carbonyl (C=O) groups is 1. The van der Waals surface area contributed by atoms with Crippen molar-refractivity contribution < 1.29 is 13.2 Å². The lowest BCUT2D eigenvalue weighted by molar-refractivity contribution is 0.0628. The molecule has 2 unspecified atom stereocenters. The highest BCUT2D eigenvalue weighted by atomic mass is 32.2. The molecular formula is C25H33N3O3S. The maximum atomic E-state index is 13.2. The van der Waals surface area contributed by atoms with Crippen molar-refractivity contribution in [2.45, 2.75) is 31.7 Å². The van der Waals surface area contributed by atoms with Crippen LogP contribution in [0.25, 0.3) is 0 Å². The molecule has 2 heterocycles. The summed E-state index contributed by atoms with van der Waals surface area (Å²) in [6.45, 7) is 9.04. The highest BCUT2D eigenvalue weighted by Crippen LogP contribution is 2.27. The van der Waals surface area contributed by atoms with Crippen molar-refractivity contribution in [1.29, 1.82) is 0 Å². The summed E-state index contributed by atoms with van der Waals surface area (Å²) in [6.07, 6.45) is 1.04. The second kappa shape index (κ2) is 9.73. The number of hydrogen-bond acceptors (Lipinski definition) is 4. The summed E-state index contributed by atoms with van der Waals surface area (Å²) in [4.78, 5) is 17.5. The van der Waals surface area contributed by atoms with Gasteiger partial charge in [-0.05, 0) is 42.0 Å². The van der Waals surface area contributed by atoms with E-state index in [0.717, 1.165) is 26.1 Å². The van der Waals surface area contributed by atoms with Gasteiger partial charge in [0.15, 0.2) is 0 Å². The van der Waals surface area contributed by atoms with E-state index in [9.17, 15) is 13.2 Å². The molecule has 0 aliphatic carbocycles. The Bertz CT molecular complexity index is 1020.